The van der Waals surface area contributed by atoms with Gasteiger partial charge in [-0.25, -0.2) is 4.98 Å². The maximum absolute atomic E-state index is 12.1. The average molecular weight is 340 g/mol. The maximum atomic E-state index is 12.1. The molecule has 0 bridgehead atoms. The highest BCUT2D eigenvalue weighted by molar-refractivity contribution is 7.18. The molecule has 1 saturated heterocycles. The van der Waals surface area contributed by atoms with Gasteiger partial charge in [0.25, 0.3) is 0 Å². The fourth-order valence-electron chi connectivity index (χ4n) is 2.46. The van der Waals surface area contributed by atoms with Gasteiger partial charge in [0.1, 0.15) is 0 Å². The number of carbonyl (C=O) groups excluding carboxylic acids is 1. The molecule has 0 spiro atoms. The molecule has 3 rings (SSSR count). The Bertz CT molecular complexity index is 672. The van der Waals surface area contributed by atoms with E-state index in [1.165, 1.54) is 0 Å². The topological polar surface area (TPSA) is 54.0 Å². The van der Waals surface area contributed by atoms with Crippen molar-refractivity contribution >= 4 is 45.6 Å². The minimum Gasteiger partial charge on any atom is -0.325 e. The normalized spacial score (nSPS) is 18.2. The molecule has 2 heterocycles. The van der Waals surface area contributed by atoms with Crippen LogP contribution < -0.4 is 10.6 Å². The van der Waals surface area contributed by atoms with Crippen molar-refractivity contribution < 1.29 is 4.79 Å². The van der Waals surface area contributed by atoms with Crippen molar-refractivity contribution in [3.05, 3.63) is 23.2 Å². The predicted octanol–water partition coefficient (Wildman–Crippen LogP) is 3.71. The van der Waals surface area contributed by atoms with Gasteiger partial charge >= 0.3 is 0 Å². The lowest BCUT2D eigenvalue weighted by Crippen LogP contribution is -2.35. The molecule has 1 amide bonds. The van der Waals surface area contributed by atoms with Crippen LogP contribution in [0, 0.1) is 0 Å². The van der Waals surface area contributed by atoms with Crippen LogP contribution in [0.15, 0.2) is 18.2 Å². The van der Waals surface area contributed by atoms with Gasteiger partial charge in [0, 0.05) is 11.1 Å². The third-order valence-corrected chi connectivity index (χ3v) is 5.12. The Morgan fingerprint density at radius 3 is 2.82 bits per heavy atom. The fraction of sp³-hybridized carbons (Fsp3) is 0.500. The summed E-state index contributed by atoms with van der Waals surface area (Å²) in [6.45, 7) is 7.43. The molecule has 1 aromatic heterocycles. The number of benzene rings is 1. The number of hydrogen-bond acceptors (Lipinski definition) is 4. The summed E-state index contributed by atoms with van der Waals surface area (Å²) in [5.74, 6) is 0.0624. The molecule has 6 heteroatoms. The number of hydrogen-bond donors (Lipinski definition) is 2. The fourth-order valence-corrected chi connectivity index (χ4v) is 3.52. The molecule has 1 aliphatic rings. The molecule has 1 aliphatic heterocycles. The molecule has 0 radical (unpaired) electrons. The molecule has 1 atom stereocenters. The lowest BCUT2D eigenvalue weighted by atomic mass is 9.98. The third-order valence-electron chi connectivity index (χ3n) is 3.67. The SMILES string of the molecule is CC(C)(C)c1nc2ccc(NC(=O)C3CCCN3)cc2s1.Cl. The second-order valence-electron chi connectivity index (χ2n) is 6.59. The number of halogens is 1. The van der Waals surface area contributed by atoms with Gasteiger partial charge in [-0.05, 0) is 37.6 Å². The van der Waals surface area contributed by atoms with Crippen molar-refractivity contribution in [2.75, 3.05) is 11.9 Å². The van der Waals surface area contributed by atoms with Gasteiger partial charge in [-0.2, -0.15) is 0 Å². The zero-order valence-electron chi connectivity index (χ0n) is 13.1. The summed E-state index contributed by atoms with van der Waals surface area (Å²) >= 11 is 1.70. The van der Waals surface area contributed by atoms with E-state index in [4.69, 9.17) is 0 Å². The highest BCUT2D eigenvalue weighted by Crippen LogP contribution is 2.32. The van der Waals surface area contributed by atoms with E-state index in [1.807, 2.05) is 18.2 Å². The van der Waals surface area contributed by atoms with E-state index < -0.39 is 0 Å². The molecule has 2 aromatic rings. The number of carbonyl (C=O) groups is 1. The Hall–Kier alpha value is -1.17. The zero-order chi connectivity index (χ0) is 15.0. The average Bonchev–Trinajstić information content (AvgIpc) is 3.06. The zero-order valence-corrected chi connectivity index (χ0v) is 14.7. The molecule has 0 saturated carbocycles. The first kappa shape index (κ1) is 17.2. The summed E-state index contributed by atoms with van der Waals surface area (Å²) < 4.78 is 1.12. The Labute approximate surface area is 141 Å². The molecule has 1 fully saturated rings. The standard InChI is InChI=1S/C16H21N3OS.ClH/c1-16(2,3)15-19-11-7-6-10(9-13(11)21-15)18-14(20)12-5-4-8-17-12;/h6-7,9,12,17H,4-5,8H2,1-3H3,(H,18,20);1H. The largest absolute Gasteiger partial charge is 0.325 e. The van der Waals surface area contributed by atoms with Crippen molar-refractivity contribution in [1.82, 2.24) is 10.3 Å². The molecule has 1 aromatic carbocycles. The minimum absolute atomic E-state index is 0. The van der Waals surface area contributed by atoms with Gasteiger partial charge in [-0.3, -0.25) is 4.79 Å². The lowest BCUT2D eigenvalue weighted by molar-refractivity contribution is -0.117. The van der Waals surface area contributed by atoms with Gasteiger partial charge in [0.15, 0.2) is 0 Å². The van der Waals surface area contributed by atoms with E-state index in [0.717, 1.165) is 40.3 Å². The predicted molar refractivity (Wildman–Crippen MR) is 95.2 cm³/mol. The first-order valence-corrected chi connectivity index (χ1v) is 8.20. The van der Waals surface area contributed by atoms with Crippen LogP contribution in [0.3, 0.4) is 0 Å². The maximum Gasteiger partial charge on any atom is 0.241 e. The van der Waals surface area contributed by atoms with Crippen LogP contribution in [-0.2, 0) is 10.2 Å². The molecule has 120 valence electrons. The van der Waals surface area contributed by atoms with E-state index >= 15 is 0 Å². The van der Waals surface area contributed by atoms with Crippen LogP contribution in [0.4, 0.5) is 5.69 Å². The lowest BCUT2D eigenvalue weighted by Gasteiger charge is -2.13. The molecular formula is C16H22ClN3OS. The number of thiazole rings is 1. The van der Waals surface area contributed by atoms with E-state index in [0.29, 0.717) is 0 Å². The van der Waals surface area contributed by atoms with E-state index in [2.05, 4.69) is 36.4 Å². The second-order valence-corrected chi connectivity index (χ2v) is 7.62. The highest BCUT2D eigenvalue weighted by Gasteiger charge is 2.22. The first-order chi connectivity index (χ1) is 9.93. The molecule has 1 unspecified atom stereocenters. The Morgan fingerprint density at radius 1 is 1.41 bits per heavy atom. The molecule has 0 aliphatic carbocycles. The van der Waals surface area contributed by atoms with Crippen LogP contribution in [0.5, 0.6) is 0 Å². The number of anilines is 1. The van der Waals surface area contributed by atoms with Gasteiger partial charge in [0.2, 0.25) is 5.91 Å². The quantitative estimate of drug-likeness (QED) is 0.877. The van der Waals surface area contributed by atoms with E-state index in [1.54, 1.807) is 11.3 Å². The molecule has 4 nitrogen and oxygen atoms in total. The molecule has 2 N–H and O–H groups in total. The Kier molecular flexibility index (Phi) is 5.10. The number of fused-ring (bicyclic) bond motifs is 1. The first-order valence-electron chi connectivity index (χ1n) is 7.39. The van der Waals surface area contributed by atoms with Gasteiger partial charge < -0.3 is 10.6 Å². The molecule has 22 heavy (non-hydrogen) atoms. The smallest absolute Gasteiger partial charge is 0.241 e. The Morgan fingerprint density at radius 2 is 2.18 bits per heavy atom. The summed E-state index contributed by atoms with van der Waals surface area (Å²) in [6.07, 6.45) is 1.99. The summed E-state index contributed by atoms with van der Waals surface area (Å²) in [6, 6.07) is 5.89. The van der Waals surface area contributed by atoms with Crippen LogP contribution >= 0.6 is 23.7 Å². The van der Waals surface area contributed by atoms with Crippen molar-refractivity contribution in [2.45, 2.75) is 45.1 Å². The van der Waals surface area contributed by atoms with Crippen molar-refractivity contribution in [1.29, 1.82) is 0 Å². The van der Waals surface area contributed by atoms with Gasteiger partial charge in [0.05, 0.1) is 21.3 Å². The number of aromatic nitrogens is 1. The summed E-state index contributed by atoms with van der Waals surface area (Å²) in [4.78, 5) is 16.8. The van der Waals surface area contributed by atoms with E-state index in [-0.39, 0.29) is 29.8 Å². The van der Waals surface area contributed by atoms with Gasteiger partial charge in [-0.1, -0.05) is 20.8 Å². The van der Waals surface area contributed by atoms with Crippen LogP contribution in [0.25, 0.3) is 10.2 Å². The van der Waals surface area contributed by atoms with Crippen molar-refractivity contribution in [3.63, 3.8) is 0 Å². The summed E-state index contributed by atoms with van der Waals surface area (Å²) in [5, 5.41) is 7.34. The van der Waals surface area contributed by atoms with Crippen LogP contribution in [-0.4, -0.2) is 23.5 Å². The second kappa shape index (κ2) is 6.52. The van der Waals surface area contributed by atoms with E-state index in [9.17, 15) is 4.79 Å². The number of nitrogens with zero attached hydrogens (tertiary/aromatic N) is 1. The number of rotatable bonds is 2. The monoisotopic (exact) mass is 339 g/mol. The summed E-state index contributed by atoms with van der Waals surface area (Å²) in [7, 11) is 0. The number of nitrogens with one attached hydrogen (secondary N) is 2. The third kappa shape index (κ3) is 3.59. The van der Waals surface area contributed by atoms with Gasteiger partial charge in [-0.15, -0.1) is 23.7 Å². The highest BCUT2D eigenvalue weighted by atomic mass is 35.5. The van der Waals surface area contributed by atoms with Crippen molar-refractivity contribution in [3.8, 4) is 0 Å². The van der Waals surface area contributed by atoms with Crippen LogP contribution in [0.2, 0.25) is 0 Å². The van der Waals surface area contributed by atoms with Crippen LogP contribution in [0.1, 0.15) is 38.6 Å². The minimum atomic E-state index is -0.0488. The van der Waals surface area contributed by atoms with Crippen molar-refractivity contribution in [2.24, 2.45) is 0 Å². The molecular weight excluding hydrogens is 318 g/mol. The number of amides is 1. The summed E-state index contributed by atoms with van der Waals surface area (Å²) in [5.41, 5.74) is 1.91. The Balaban J connectivity index is 0.00000176.